The fourth-order valence-electron chi connectivity index (χ4n) is 3.68. The van der Waals surface area contributed by atoms with Gasteiger partial charge in [-0.3, -0.25) is 4.90 Å². The molecule has 3 atom stereocenters. The predicted molar refractivity (Wildman–Crippen MR) is 75.7 cm³/mol. The highest BCUT2D eigenvalue weighted by molar-refractivity contribution is 4.95. The van der Waals surface area contributed by atoms with Crippen molar-refractivity contribution in [2.45, 2.75) is 64.1 Å². The zero-order chi connectivity index (χ0) is 13.3. The van der Waals surface area contributed by atoms with Gasteiger partial charge in [0.1, 0.15) is 0 Å². The summed E-state index contributed by atoms with van der Waals surface area (Å²) >= 11 is 0. The highest BCUT2D eigenvalue weighted by Crippen LogP contribution is 2.38. The second kappa shape index (κ2) is 5.48. The Morgan fingerprint density at radius 2 is 1.89 bits per heavy atom. The van der Waals surface area contributed by atoms with Gasteiger partial charge in [0.05, 0.1) is 6.10 Å². The number of piperidine rings is 1. The van der Waals surface area contributed by atoms with Crippen molar-refractivity contribution in [2.24, 2.45) is 5.41 Å². The molecule has 0 aromatic heterocycles. The van der Waals surface area contributed by atoms with Gasteiger partial charge in [-0.2, -0.15) is 0 Å². The van der Waals surface area contributed by atoms with Crippen molar-refractivity contribution in [1.29, 1.82) is 0 Å². The fraction of sp³-hybridized carbons (Fsp3) is 1.00. The van der Waals surface area contributed by atoms with Crippen LogP contribution in [-0.2, 0) is 0 Å². The van der Waals surface area contributed by atoms with E-state index in [1.807, 2.05) is 0 Å². The number of nitrogens with zero attached hydrogens (tertiary/aromatic N) is 2. The number of hydrogen-bond acceptors (Lipinski definition) is 3. The first kappa shape index (κ1) is 14.3. The minimum Gasteiger partial charge on any atom is -0.391 e. The molecule has 0 amide bonds. The topological polar surface area (TPSA) is 26.7 Å². The van der Waals surface area contributed by atoms with Gasteiger partial charge in [-0.05, 0) is 51.7 Å². The second-order valence-electron chi connectivity index (χ2n) is 7.15. The Morgan fingerprint density at radius 1 is 1.17 bits per heavy atom. The van der Waals surface area contributed by atoms with E-state index in [2.05, 4.69) is 37.7 Å². The van der Waals surface area contributed by atoms with Crippen molar-refractivity contribution in [1.82, 2.24) is 9.80 Å². The number of likely N-dealkylation sites (N-methyl/N-ethyl adjacent to an activating group) is 1. The Balaban J connectivity index is 2.02. The molecule has 1 aliphatic carbocycles. The Morgan fingerprint density at radius 3 is 2.56 bits per heavy atom. The van der Waals surface area contributed by atoms with E-state index in [0.717, 1.165) is 13.0 Å². The molecule has 1 saturated carbocycles. The summed E-state index contributed by atoms with van der Waals surface area (Å²) in [5.74, 6) is 0. The lowest BCUT2D eigenvalue weighted by atomic mass is 9.72. The summed E-state index contributed by atoms with van der Waals surface area (Å²) < 4.78 is 0. The highest BCUT2D eigenvalue weighted by atomic mass is 16.3. The van der Waals surface area contributed by atoms with Gasteiger partial charge < -0.3 is 10.0 Å². The molecule has 1 saturated heterocycles. The molecule has 18 heavy (non-hydrogen) atoms. The Kier molecular flexibility index (Phi) is 4.35. The third-order valence-corrected chi connectivity index (χ3v) is 5.11. The van der Waals surface area contributed by atoms with Gasteiger partial charge >= 0.3 is 0 Å². The lowest BCUT2D eigenvalue weighted by molar-refractivity contribution is -0.0683. The van der Waals surface area contributed by atoms with E-state index >= 15 is 0 Å². The molecule has 2 rings (SSSR count). The third-order valence-electron chi connectivity index (χ3n) is 5.11. The van der Waals surface area contributed by atoms with E-state index in [-0.39, 0.29) is 11.5 Å². The summed E-state index contributed by atoms with van der Waals surface area (Å²) in [5.41, 5.74) is 0.0912. The van der Waals surface area contributed by atoms with Gasteiger partial charge in [-0.15, -0.1) is 0 Å². The quantitative estimate of drug-likeness (QED) is 0.816. The van der Waals surface area contributed by atoms with Crippen LogP contribution >= 0.6 is 0 Å². The summed E-state index contributed by atoms with van der Waals surface area (Å²) in [7, 11) is 4.35. The van der Waals surface area contributed by atoms with Gasteiger partial charge in [-0.1, -0.05) is 20.3 Å². The van der Waals surface area contributed by atoms with Crippen LogP contribution < -0.4 is 0 Å². The lowest BCUT2D eigenvalue weighted by Gasteiger charge is -2.48. The molecular weight excluding hydrogens is 224 g/mol. The number of aliphatic hydroxyl groups is 1. The van der Waals surface area contributed by atoms with E-state index in [9.17, 15) is 5.11 Å². The van der Waals surface area contributed by atoms with E-state index in [0.29, 0.717) is 12.1 Å². The van der Waals surface area contributed by atoms with E-state index in [4.69, 9.17) is 0 Å². The molecule has 0 spiro atoms. The maximum Gasteiger partial charge on any atom is 0.0746 e. The Hall–Kier alpha value is -0.120. The van der Waals surface area contributed by atoms with Crippen molar-refractivity contribution in [3.63, 3.8) is 0 Å². The first-order valence-electron chi connectivity index (χ1n) is 7.50. The molecule has 0 aromatic carbocycles. The van der Waals surface area contributed by atoms with Gasteiger partial charge in [-0.25, -0.2) is 0 Å². The number of rotatable bonds is 2. The maximum absolute atomic E-state index is 10.6. The number of likely N-dealkylation sites (tertiary alicyclic amines) is 1. The first-order chi connectivity index (χ1) is 8.42. The molecular formula is C15H30N2O. The monoisotopic (exact) mass is 254 g/mol. The van der Waals surface area contributed by atoms with Crippen LogP contribution in [0.25, 0.3) is 0 Å². The fourth-order valence-corrected chi connectivity index (χ4v) is 3.68. The van der Waals surface area contributed by atoms with Crippen LogP contribution in [0.5, 0.6) is 0 Å². The molecule has 2 aliphatic rings. The summed E-state index contributed by atoms with van der Waals surface area (Å²) in [6, 6.07) is 1.05. The summed E-state index contributed by atoms with van der Waals surface area (Å²) in [5, 5.41) is 10.6. The first-order valence-corrected chi connectivity index (χ1v) is 7.50. The second-order valence-corrected chi connectivity index (χ2v) is 7.15. The molecule has 0 radical (unpaired) electrons. The number of aliphatic hydroxyl groups excluding tert-OH is 1. The minimum atomic E-state index is -0.160. The summed E-state index contributed by atoms with van der Waals surface area (Å²) in [6.45, 7) is 6.74. The zero-order valence-electron chi connectivity index (χ0n) is 12.5. The standard InChI is InChI=1S/C15H30N2O/c1-15(2)9-5-8-13(14(15)18)17-10-6-7-12(11-17)16(3)4/h12-14,18H,5-11H2,1-4H3. The molecule has 106 valence electrons. The molecule has 3 unspecified atom stereocenters. The molecule has 1 N–H and O–H groups in total. The van der Waals surface area contributed by atoms with E-state index in [1.165, 1.54) is 32.2 Å². The Bertz CT molecular complexity index is 278. The Labute approximate surface area is 112 Å². The normalized spacial score (nSPS) is 38.0. The van der Waals surface area contributed by atoms with Crippen molar-refractivity contribution in [3.8, 4) is 0 Å². The van der Waals surface area contributed by atoms with E-state index in [1.54, 1.807) is 0 Å². The van der Waals surface area contributed by atoms with Crippen molar-refractivity contribution >= 4 is 0 Å². The molecule has 1 heterocycles. The largest absolute Gasteiger partial charge is 0.391 e. The molecule has 2 fully saturated rings. The van der Waals surface area contributed by atoms with Crippen LogP contribution in [-0.4, -0.2) is 60.3 Å². The molecule has 0 bridgehead atoms. The third kappa shape index (κ3) is 2.89. The van der Waals surface area contributed by atoms with Gasteiger partial charge in [0.25, 0.3) is 0 Å². The van der Waals surface area contributed by atoms with Gasteiger partial charge in [0, 0.05) is 18.6 Å². The van der Waals surface area contributed by atoms with Crippen LogP contribution in [0.4, 0.5) is 0 Å². The molecule has 3 heteroatoms. The summed E-state index contributed by atoms with van der Waals surface area (Å²) in [6.07, 6.45) is 6.01. The average molecular weight is 254 g/mol. The predicted octanol–water partition coefficient (Wildman–Crippen LogP) is 1.95. The molecule has 1 aliphatic heterocycles. The van der Waals surface area contributed by atoms with Crippen molar-refractivity contribution in [3.05, 3.63) is 0 Å². The van der Waals surface area contributed by atoms with Crippen LogP contribution in [0.2, 0.25) is 0 Å². The minimum absolute atomic E-state index is 0.0912. The van der Waals surface area contributed by atoms with Crippen LogP contribution in [0.15, 0.2) is 0 Å². The molecule has 3 nitrogen and oxygen atoms in total. The van der Waals surface area contributed by atoms with Crippen LogP contribution in [0.1, 0.15) is 46.0 Å². The van der Waals surface area contributed by atoms with Crippen molar-refractivity contribution < 1.29 is 5.11 Å². The van der Waals surface area contributed by atoms with Crippen molar-refractivity contribution in [2.75, 3.05) is 27.2 Å². The lowest BCUT2D eigenvalue weighted by Crippen LogP contribution is -2.57. The SMILES string of the molecule is CN(C)C1CCCN(C2CCCC(C)(C)C2O)C1. The zero-order valence-corrected chi connectivity index (χ0v) is 12.5. The van der Waals surface area contributed by atoms with E-state index < -0.39 is 0 Å². The molecule has 0 aromatic rings. The van der Waals surface area contributed by atoms with Crippen LogP contribution in [0.3, 0.4) is 0 Å². The number of hydrogen-bond donors (Lipinski definition) is 1. The smallest absolute Gasteiger partial charge is 0.0746 e. The summed E-state index contributed by atoms with van der Waals surface area (Å²) in [4.78, 5) is 4.90. The highest BCUT2D eigenvalue weighted by Gasteiger charge is 2.41. The maximum atomic E-state index is 10.6. The average Bonchev–Trinajstić information content (AvgIpc) is 2.33. The van der Waals surface area contributed by atoms with Gasteiger partial charge in [0.2, 0.25) is 0 Å². The van der Waals surface area contributed by atoms with Crippen LogP contribution in [0, 0.1) is 5.41 Å². The van der Waals surface area contributed by atoms with Gasteiger partial charge in [0.15, 0.2) is 0 Å².